The van der Waals surface area contributed by atoms with Crippen molar-refractivity contribution in [3.8, 4) is 11.3 Å². The fourth-order valence-corrected chi connectivity index (χ4v) is 1.89. The molecule has 2 nitrogen and oxygen atoms in total. The van der Waals surface area contributed by atoms with E-state index in [-0.39, 0.29) is 0 Å². The largest absolute Gasteiger partial charge is 0.370 e. The molecular formula is C15H18N2. The second-order valence-electron chi connectivity index (χ2n) is 4.19. The van der Waals surface area contributed by atoms with E-state index in [1.165, 1.54) is 16.7 Å². The van der Waals surface area contributed by atoms with E-state index in [2.05, 4.69) is 55.3 Å². The molecule has 2 heteroatoms. The Bertz CT molecular complexity index is 518. The van der Waals surface area contributed by atoms with Gasteiger partial charge in [0.05, 0.1) is 5.69 Å². The first kappa shape index (κ1) is 11.6. The van der Waals surface area contributed by atoms with Gasteiger partial charge in [0.2, 0.25) is 0 Å². The number of benzene rings is 1. The molecule has 0 spiro atoms. The number of rotatable bonds is 3. The van der Waals surface area contributed by atoms with Gasteiger partial charge in [-0.2, -0.15) is 0 Å². The molecule has 0 aliphatic rings. The van der Waals surface area contributed by atoms with Crippen molar-refractivity contribution in [2.24, 2.45) is 0 Å². The Hall–Kier alpha value is -1.83. The summed E-state index contributed by atoms with van der Waals surface area (Å²) in [5.74, 6) is 0.936. The second-order valence-corrected chi connectivity index (χ2v) is 4.19. The van der Waals surface area contributed by atoms with Gasteiger partial charge in [0.15, 0.2) is 0 Å². The van der Waals surface area contributed by atoms with Crippen LogP contribution in [0.15, 0.2) is 36.4 Å². The van der Waals surface area contributed by atoms with E-state index < -0.39 is 0 Å². The lowest BCUT2D eigenvalue weighted by Crippen LogP contribution is -2.00. The molecule has 2 rings (SSSR count). The number of nitrogens with zero attached hydrogens (tertiary/aromatic N) is 1. The Morgan fingerprint density at radius 2 is 1.82 bits per heavy atom. The summed E-state index contributed by atoms with van der Waals surface area (Å²) in [6.45, 7) is 7.24. The summed E-state index contributed by atoms with van der Waals surface area (Å²) in [6, 6.07) is 12.4. The first-order valence-corrected chi connectivity index (χ1v) is 6.00. The van der Waals surface area contributed by atoms with Crippen LogP contribution in [-0.4, -0.2) is 11.5 Å². The highest BCUT2D eigenvalue weighted by Gasteiger charge is 2.05. The fourth-order valence-electron chi connectivity index (χ4n) is 1.89. The van der Waals surface area contributed by atoms with E-state index in [1.54, 1.807) is 0 Å². The molecule has 0 atom stereocenters. The van der Waals surface area contributed by atoms with E-state index in [1.807, 2.05) is 12.1 Å². The van der Waals surface area contributed by atoms with Crippen molar-refractivity contribution >= 4 is 5.82 Å². The molecule has 0 bridgehead atoms. The van der Waals surface area contributed by atoms with Gasteiger partial charge in [-0.05, 0) is 44.0 Å². The van der Waals surface area contributed by atoms with Crippen molar-refractivity contribution in [3.05, 3.63) is 47.5 Å². The summed E-state index contributed by atoms with van der Waals surface area (Å²) < 4.78 is 0. The molecule has 2 aromatic rings. The number of pyridine rings is 1. The topological polar surface area (TPSA) is 24.9 Å². The quantitative estimate of drug-likeness (QED) is 0.861. The highest BCUT2D eigenvalue weighted by Crippen LogP contribution is 2.24. The van der Waals surface area contributed by atoms with E-state index in [4.69, 9.17) is 0 Å². The summed E-state index contributed by atoms with van der Waals surface area (Å²) in [5.41, 5.74) is 4.85. The van der Waals surface area contributed by atoms with Gasteiger partial charge >= 0.3 is 0 Å². The monoisotopic (exact) mass is 226 g/mol. The van der Waals surface area contributed by atoms with Crippen molar-refractivity contribution in [1.82, 2.24) is 4.98 Å². The number of hydrogen-bond acceptors (Lipinski definition) is 2. The number of anilines is 1. The predicted octanol–water partition coefficient (Wildman–Crippen LogP) is 3.80. The first-order chi connectivity index (χ1) is 8.22. The fraction of sp³-hybridized carbons (Fsp3) is 0.267. The molecule has 1 heterocycles. The van der Waals surface area contributed by atoms with Crippen LogP contribution in [0, 0.1) is 13.8 Å². The summed E-state index contributed by atoms with van der Waals surface area (Å²) in [4.78, 5) is 4.62. The zero-order chi connectivity index (χ0) is 12.3. The number of nitrogens with one attached hydrogen (secondary N) is 1. The number of aryl methyl sites for hydroxylation is 1. The van der Waals surface area contributed by atoms with Gasteiger partial charge in [0.25, 0.3) is 0 Å². The number of aromatic nitrogens is 1. The minimum atomic E-state index is 0.892. The predicted molar refractivity (Wildman–Crippen MR) is 73.3 cm³/mol. The van der Waals surface area contributed by atoms with Crippen molar-refractivity contribution in [1.29, 1.82) is 0 Å². The number of hydrogen-bond donors (Lipinski definition) is 1. The third-order valence-electron chi connectivity index (χ3n) is 2.99. The Balaban J connectivity index is 2.45. The highest BCUT2D eigenvalue weighted by molar-refractivity contribution is 5.66. The van der Waals surface area contributed by atoms with E-state index in [0.717, 1.165) is 18.1 Å². The van der Waals surface area contributed by atoms with Gasteiger partial charge < -0.3 is 5.32 Å². The van der Waals surface area contributed by atoms with Crippen LogP contribution in [0.5, 0.6) is 0 Å². The van der Waals surface area contributed by atoms with Gasteiger partial charge in [-0.15, -0.1) is 0 Å². The zero-order valence-corrected chi connectivity index (χ0v) is 10.6. The van der Waals surface area contributed by atoms with Gasteiger partial charge in [-0.1, -0.05) is 24.3 Å². The molecule has 1 aromatic heterocycles. The normalized spacial score (nSPS) is 10.3. The molecular weight excluding hydrogens is 208 g/mol. The summed E-state index contributed by atoms with van der Waals surface area (Å²) in [5, 5.41) is 3.24. The van der Waals surface area contributed by atoms with E-state index >= 15 is 0 Å². The van der Waals surface area contributed by atoms with E-state index in [9.17, 15) is 0 Å². The van der Waals surface area contributed by atoms with Crippen LogP contribution >= 0.6 is 0 Å². The summed E-state index contributed by atoms with van der Waals surface area (Å²) >= 11 is 0. The standard InChI is InChI=1S/C15H18N2/c1-4-16-15-10-6-9-14(17-15)13-8-5-7-11(2)12(13)3/h5-10H,4H2,1-3H3,(H,16,17). The lowest BCUT2D eigenvalue weighted by atomic mass is 10.0. The van der Waals surface area contributed by atoms with Crippen LogP contribution in [0.2, 0.25) is 0 Å². The lowest BCUT2D eigenvalue weighted by Gasteiger charge is -2.09. The van der Waals surface area contributed by atoms with Gasteiger partial charge in [0.1, 0.15) is 5.82 Å². The zero-order valence-electron chi connectivity index (χ0n) is 10.6. The molecule has 0 unspecified atom stereocenters. The van der Waals surface area contributed by atoms with Crippen molar-refractivity contribution in [2.75, 3.05) is 11.9 Å². The van der Waals surface area contributed by atoms with E-state index in [0.29, 0.717) is 0 Å². The molecule has 0 fully saturated rings. The Morgan fingerprint density at radius 3 is 2.59 bits per heavy atom. The maximum atomic E-state index is 4.62. The van der Waals surface area contributed by atoms with Crippen LogP contribution in [0.4, 0.5) is 5.82 Å². The van der Waals surface area contributed by atoms with Gasteiger partial charge in [0, 0.05) is 12.1 Å². The molecule has 88 valence electrons. The molecule has 1 N–H and O–H groups in total. The second kappa shape index (κ2) is 5.00. The lowest BCUT2D eigenvalue weighted by molar-refractivity contribution is 1.16. The maximum absolute atomic E-state index is 4.62. The Morgan fingerprint density at radius 1 is 1.06 bits per heavy atom. The average Bonchev–Trinajstić information content (AvgIpc) is 2.33. The Kier molecular flexibility index (Phi) is 3.43. The minimum absolute atomic E-state index is 0.892. The average molecular weight is 226 g/mol. The Labute approximate surface area is 103 Å². The summed E-state index contributed by atoms with van der Waals surface area (Å²) in [6.07, 6.45) is 0. The van der Waals surface area contributed by atoms with Crippen LogP contribution in [0.1, 0.15) is 18.1 Å². The molecule has 0 amide bonds. The third kappa shape index (κ3) is 2.47. The SMILES string of the molecule is CCNc1cccc(-c2cccc(C)c2C)n1. The molecule has 0 saturated heterocycles. The van der Waals surface area contributed by atoms with Crippen molar-refractivity contribution in [2.45, 2.75) is 20.8 Å². The molecule has 0 aliphatic heterocycles. The van der Waals surface area contributed by atoms with Crippen LogP contribution in [-0.2, 0) is 0 Å². The highest BCUT2D eigenvalue weighted by atomic mass is 15.0. The van der Waals surface area contributed by atoms with Gasteiger partial charge in [-0.3, -0.25) is 0 Å². The maximum Gasteiger partial charge on any atom is 0.126 e. The molecule has 0 aliphatic carbocycles. The molecule has 0 saturated carbocycles. The van der Waals surface area contributed by atoms with Crippen LogP contribution in [0.25, 0.3) is 11.3 Å². The van der Waals surface area contributed by atoms with Gasteiger partial charge in [-0.25, -0.2) is 4.98 Å². The molecule has 0 radical (unpaired) electrons. The third-order valence-corrected chi connectivity index (χ3v) is 2.99. The smallest absolute Gasteiger partial charge is 0.126 e. The summed E-state index contributed by atoms with van der Waals surface area (Å²) in [7, 11) is 0. The molecule has 17 heavy (non-hydrogen) atoms. The minimum Gasteiger partial charge on any atom is -0.370 e. The van der Waals surface area contributed by atoms with Crippen LogP contribution < -0.4 is 5.32 Å². The molecule has 1 aromatic carbocycles. The van der Waals surface area contributed by atoms with Crippen molar-refractivity contribution < 1.29 is 0 Å². The van der Waals surface area contributed by atoms with Crippen molar-refractivity contribution in [3.63, 3.8) is 0 Å². The first-order valence-electron chi connectivity index (χ1n) is 6.00. The van der Waals surface area contributed by atoms with Crippen LogP contribution in [0.3, 0.4) is 0 Å².